The number of hydrogen-bond acceptors (Lipinski definition) is 9. The summed E-state index contributed by atoms with van der Waals surface area (Å²) in [5.74, 6) is -0.576. The van der Waals surface area contributed by atoms with Crippen LogP contribution in [0, 0.1) is 24.7 Å². The van der Waals surface area contributed by atoms with Gasteiger partial charge in [-0.25, -0.2) is 4.21 Å². The number of aryl methyl sites for hydroxylation is 3. The van der Waals surface area contributed by atoms with Gasteiger partial charge in [-0.3, -0.25) is 19.0 Å². The summed E-state index contributed by atoms with van der Waals surface area (Å²) in [5, 5.41) is 4.16. The molecule has 3 aromatic rings. The van der Waals surface area contributed by atoms with E-state index in [9.17, 15) is 13.8 Å². The lowest BCUT2D eigenvalue weighted by Crippen LogP contribution is -2.49. The van der Waals surface area contributed by atoms with Crippen molar-refractivity contribution in [3.63, 3.8) is 0 Å². The van der Waals surface area contributed by atoms with Gasteiger partial charge in [0.25, 0.3) is 11.8 Å². The van der Waals surface area contributed by atoms with E-state index in [0.29, 0.717) is 18.3 Å². The van der Waals surface area contributed by atoms with Crippen molar-refractivity contribution in [1.29, 1.82) is 0 Å². The molecule has 2 bridgehead atoms. The molecule has 1 N–H and O–H groups in total. The summed E-state index contributed by atoms with van der Waals surface area (Å²) in [6.07, 6.45) is 10.0. The minimum Gasteiger partial charge on any atom is -0.490 e. The van der Waals surface area contributed by atoms with Crippen molar-refractivity contribution in [3.05, 3.63) is 82.6 Å². The summed E-state index contributed by atoms with van der Waals surface area (Å²) >= 11 is 0. The number of hydrogen-bond donors (Lipinski definition) is 1. The summed E-state index contributed by atoms with van der Waals surface area (Å²) in [6.45, 7) is 6.02. The molecule has 2 aliphatic carbocycles. The molecule has 3 heterocycles. The Balaban J connectivity index is 1.33. The first-order valence-electron chi connectivity index (χ1n) is 18.5. The molecule has 2 aliphatic heterocycles. The zero-order chi connectivity index (χ0) is 37.5. The molecule has 0 saturated heterocycles. The monoisotopic (exact) mass is 745 g/mol. The minimum absolute atomic E-state index is 0.0672. The molecule has 2 amide bonds. The molecule has 12 nitrogen and oxygen atoms in total. The lowest BCUT2D eigenvalue weighted by molar-refractivity contribution is 0.0120. The van der Waals surface area contributed by atoms with Crippen LogP contribution in [0.15, 0.2) is 59.1 Å². The number of anilines is 1. The molecule has 2 aromatic carbocycles. The van der Waals surface area contributed by atoms with Crippen molar-refractivity contribution < 1.29 is 32.7 Å². The summed E-state index contributed by atoms with van der Waals surface area (Å²) < 4.78 is 47.0. The molecule has 1 unspecified atom stereocenters. The maximum atomic E-state index is 14.8. The lowest BCUT2D eigenvalue weighted by atomic mass is 9.68. The number of amides is 2. The number of methoxy groups -OCH3 is 3. The van der Waals surface area contributed by atoms with Crippen LogP contribution in [0.25, 0.3) is 0 Å². The average Bonchev–Trinajstić information content (AvgIpc) is 3.44. The largest absolute Gasteiger partial charge is 0.490 e. The number of aromatic nitrogens is 2. The van der Waals surface area contributed by atoms with Gasteiger partial charge in [-0.15, -0.1) is 9.46 Å². The van der Waals surface area contributed by atoms with Gasteiger partial charge < -0.3 is 23.8 Å². The van der Waals surface area contributed by atoms with Gasteiger partial charge in [0.1, 0.15) is 21.2 Å². The average molecular weight is 746 g/mol. The second-order valence-corrected chi connectivity index (χ2v) is 17.3. The van der Waals surface area contributed by atoms with Crippen molar-refractivity contribution in [2.45, 2.75) is 63.6 Å². The number of benzene rings is 2. The fraction of sp³-hybridized carbons (Fsp3) is 0.525. The molecule has 284 valence electrons. The van der Waals surface area contributed by atoms with E-state index in [1.54, 1.807) is 27.3 Å². The van der Waals surface area contributed by atoms with Crippen LogP contribution >= 0.6 is 0 Å². The molecule has 53 heavy (non-hydrogen) atoms. The molecule has 4 aliphatic rings. The van der Waals surface area contributed by atoms with Crippen molar-refractivity contribution in [2.75, 3.05) is 51.7 Å². The Morgan fingerprint density at radius 2 is 1.87 bits per heavy atom. The van der Waals surface area contributed by atoms with Gasteiger partial charge >= 0.3 is 0 Å². The highest BCUT2D eigenvalue weighted by Crippen LogP contribution is 2.47. The van der Waals surface area contributed by atoms with Crippen LogP contribution in [0.4, 0.5) is 5.69 Å². The fourth-order valence-electron chi connectivity index (χ4n) is 8.77. The Labute approximate surface area is 312 Å². The van der Waals surface area contributed by atoms with Crippen LogP contribution in [0.3, 0.4) is 0 Å². The zero-order valence-electron chi connectivity index (χ0n) is 31.5. The number of rotatable bonds is 5. The van der Waals surface area contributed by atoms with E-state index < -0.39 is 33.8 Å². The first kappa shape index (κ1) is 37.1. The Bertz CT molecular complexity index is 2040. The number of fused-ring (bicyclic) bond motifs is 4. The van der Waals surface area contributed by atoms with Crippen LogP contribution in [-0.2, 0) is 38.3 Å². The van der Waals surface area contributed by atoms with Gasteiger partial charge in [0.15, 0.2) is 0 Å². The van der Waals surface area contributed by atoms with Crippen molar-refractivity contribution in [3.8, 4) is 11.6 Å². The fourth-order valence-corrected chi connectivity index (χ4v) is 10.7. The van der Waals surface area contributed by atoms with E-state index >= 15 is 0 Å². The van der Waals surface area contributed by atoms with Gasteiger partial charge in [-0.1, -0.05) is 42.8 Å². The molecule has 1 fully saturated rings. The smallest absolute Gasteiger partial charge is 0.286 e. The normalized spacial score (nSPS) is 30.5. The van der Waals surface area contributed by atoms with E-state index in [-0.39, 0.29) is 40.2 Å². The third kappa shape index (κ3) is 7.35. The quantitative estimate of drug-likeness (QED) is 0.340. The van der Waals surface area contributed by atoms with Crippen molar-refractivity contribution in [2.24, 2.45) is 29.2 Å². The Morgan fingerprint density at radius 1 is 1.08 bits per heavy atom. The van der Waals surface area contributed by atoms with Crippen LogP contribution in [-0.4, -0.2) is 84.8 Å². The summed E-state index contributed by atoms with van der Waals surface area (Å²) in [4.78, 5) is 30.2. The van der Waals surface area contributed by atoms with E-state index in [2.05, 4.69) is 50.3 Å². The maximum Gasteiger partial charge on any atom is 0.286 e. The van der Waals surface area contributed by atoms with E-state index in [4.69, 9.17) is 18.9 Å². The van der Waals surface area contributed by atoms with Crippen LogP contribution in [0.1, 0.15) is 70.0 Å². The Hall–Kier alpha value is -4.20. The number of nitrogens with zero attached hydrogens (tertiary/aromatic N) is 4. The van der Waals surface area contributed by atoms with Gasteiger partial charge in [0.2, 0.25) is 5.88 Å². The Morgan fingerprint density at radius 3 is 2.60 bits per heavy atom. The number of carbonyl (C=O) groups is 2. The van der Waals surface area contributed by atoms with Crippen LogP contribution < -0.4 is 19.1 Å². The van der Waals surface area contributed by atoms with Crippen LogP contribution in [0.2, 0.25) is 0 Å². The lowest BCUT2D eigenvalue weighted by Gasteiger charge is -2.46. The number of carbonyl (C=O) groups excluding carboxylic acids is 2. The molecule has 7 rings (SSSR count). The first-order valence-corrected chi connectivity index (χ1v) is 20.2. The van der Waals surface area contributed by atoms with E-state index in [0.717, 1.165) is 50.9 Å². The van der Waals surface area contributed by atoms with Gasteiger partial charge in [0.05, 0.1) is 37.4 Å². The molecule has 0 radical (unpaired) electrons. The highest BCUT2D eigenvalue weighted by Gasteiger charge is 2.44. The SMILES string of the molecule is COc1nn(C)cc1C(=O)NS1(=O)=NC(=O)c2ccc3c(c2)N(C[C@@H]2CC[C@H]2[C@@H](OC)/C=C/[C@H](OC)[C@H](C)C1)C[C@@]1(CCCc2cc(C)ccc21)CO3. The zero-order valence-corrected chi connectivity index (χ0v) is 32.3. The van der Waals surface area contributed by atoms with Crippen molar-refractivity contribution in [1.82, 2.24) is 14.5 Å². The molecular formula is C40H51N5O7S. The summed E-state index contributed by atoms with van der Waals surface area (Å²) in [6, 6.07) is 12.1. The molecule has 13 heteroatoms. The second-order valence-electron chi connectivity index (χ2n) is 15.3. The van der Waals surface area contributed by atoms with Gasteiger partial charge in [0, 0.05) is 51.5 Å². The predicted octanol–water partition coefficient (Wildman–Crippen LogP) is 5.43. The Kier molecular flexibility index (Phi) is 10.4. The third-order valence-corrected chi connectivity index (χ3v) is 13.6. The maximum absolute atomic E-state index is 14.8. The van der Waals surface area contributed by atoms with Crippen LogP contribution in [0.5, 0.6) is 11.6 Å². The van der Waals surface area contributed by atoms with E-state index in [1.165, 1.54) is 34.7 Å². The summed E-state index contributed by atoms with van der Waals surface area (Å²) in [7, 11) is 2.67. The molecule has 1 spiro atoms. The molecular weight excluding hydrogens is 695 g/mol. The van der Waals surface area contributed by atoms with Crippen molar-refractivity contribution >= 4 is 27.4 Å². The minimum atomic E-state index is -3.71. The van der Waals surface area contributed by atoms with Gasteiger partial charge in [-0.2, -0.15) is 0 Å². The first-order chi connectivity index (χ1) is 25.4. The standard InChI is InChI=1S/C40H51N5O7S/c1-25-9-13-32-27(18-25)8-7-17-40(32)23-45-20-29-10-12-30(29)35(50-5)16-15-34(49-4)26(2)22-53(48,43-38(47)31-21-44(3)41-39(31)51-6)42-37(46)28-11-14-36(52-24-40)33(45)19-28/h9,11,13-16,18-19,21,26,29-30,34-35H,7-8,10,12,17,20,22-24H2,1-6H3,(H,42,43,46,47,48)/b16-15+/t26-,29+,30-,34+,35+,40+,53?/m1/s1. The van der Waals surface area contributed by atoms with E-state index in [1.807, 2.05) is 25.1 Å². The topological polar surface area (TPSA) is 134 Å². The molecule has 1 aromatic heterocycles. The molecule has 7 atom stereocenters. The second kappa shape index (κ2) is 14.9. The predicted molar refractivity (Wildman–Crippen MR) is 203 cm³/mol. The summed E-state index contributed by atoms with van der Waals surface area (Å²) in [5.41, 5.74) is 4.89. The van der Waals surface area contributed by atoms with Gasteiger partial charge in [-0.05, 0) is 86.1 Å². The third-order valence-electron chi connectivity index (χ3n) is 11.6. The highest BCUT2D eigenvalue weighted by molar-refractivity contribution is 7.92. The highest BCUT2D eigenvalue weighted by atomic mass is 32.2. The number of nitrogens with one attached hydrogen (secondary N) is 1. The molecule has 1 saturated carbocycles. The number of ether oxygens (including phenoxy) is 4.